The lowest BCUT2D eigenvalue weighted by Gasteiger charge is -2.27. The van der Waals surface area contributed by atoms with Gasteiger partial charge in [0.15, 0.2) is 0 Å². The van der Waals surface area contributed by atoms with Gasteiger partial charge in [0.05, 0.1) is 22.0 Å². The molecular formula is C21H28N4OS. The Balaban J connectivity index is 0.000000275. The van der Waals surface area contributed by atoms with E-state index in [1.807, 2.05) is 37.4 Å². The highest BCUT2D eigenvalue weighted by atomic mass is 32.1. The molecule has 0 bridgehead atoms. The quantitative estimate of drug-likeness (QED) is 0.622. The first-order valence-electron chi connectivity index (χ1n) is 9.27. The van der Waals surface area contributed by atoms with Gasteiger partial charge in [-0.2, -0.15) is 0 Å². The van der Waals surface area contributed by atoms with Gasteiger partial charge >= 0.3 is 0 Å². The predicted molar refractivity (Wildman–Crippen MR) is 117 cm³/mol. The van der Waals surface area contributed by atoms with Crippen molar-refractivity contribution < 1.29 is 5.11 Å². The Morgan fingerprint density at radius 2 is 2.00 bits per heavy atom. The number of aliphatic hydroxyl groups is 1. The third-order valence-electron chi connectivity index (χ3n) is 4.17. The van der Waals surface area contributed by atoms with Gasteiger partial charge < -0.3 is 10.8 Å². The standard InChI is InChI=1S/C14H12N4S.C5H10O.C2H6/c1-16-7-10-6-9(8-17-14(10)15)11-2-3-13-12(18-11)4-5-19-13;1-4-2-5(6)3-4;1-2/h2-8H,1H3,(H2,15,17);4-6H,2-3H2,1H3;1-2H3. The van der Waals surface area contributed by atoms with E-state index in [4.69, 9.17) is 10.8 Å². The van der Waals surface area contributed by atoms with Crippen LogP contribution in [-0.2, 0) is 0 Å². The fourth-order valence-electron chi connectivity index (χ4n) is 2.75. The van der Waals surface area contributed by atoms with E-state index in [0.717, 1.165) is 41.1 Å². The first-order chi connectivity index (χ1) is 13.1. The number of pyridine rings is 2. The number of hydrogen-bond acceptors (Lipinski definition) is 6. The molecule has 0 radical (unpaired) electrons. The topological polar surface area (TPSA) is 84.4 Å². The molecule has 3 N–H and O–H groups in total. The Morgan fingerprint density at radius 3 is 2.59 bits per heavy atom. The number of anilines is 1. The van der Waals surface area contributed by atoms with E-state index in [1.165, 1.54) is 4.70 Å². The van der Waals surface area contributed by atoms with Crippen LogP contribution in [0.2, 0.25) is 0 Å². The molecule has 6 heteroatoms. The van der Waals surface area contributed by atoms with Gasteiger partial charge in [0.2, 0.25) is 0 Å². The molecule has 1 aliphatic carbocycles. The highest BCUT2D eigenvalue weighted by molar-refractivity contribution is 7.17. The zero-order chi connectivity index (χ0) is 19.8. The number of nitrogens with two attached hydrogens (primary N) is 1. The molecule has 0 atom stereocenters. The molecule has 5 nitrogen and oxygen atoms in total. The van der Waals surface area contributed by atoms with Crippen LogP contribution in [0.25, 0.3) is 21.5 Å². The number of aliphatic imine (C=N–C) groups is 1. The van der Waals surface area contributed by atoms with Gasteiger partial charge in [0.1, 0.15) is 5.82 Å². The normalized spacial score (nSPS) is 18.3. The summed E-state index contributed by atoms with van der Waals surface area (Å²) in [5.74, 6) is 1.27. The number of nitrogen functional groups attached to an aromatic ring is 1. The lowest BCUT2D eigenvalue weighted by atomic mass is 9.84. The van der Waals surface area contributed by atoms with E-state index >= 15 is 0 Å². The van der Waals surface area contributed by atoms with Crippen LogP contribution in [0.1, 0.15) is 39.2 Å². The maximum absolute atomic E-state index is 8.62. The van der Waals surface area contributed by atoms with Gasteiger partial charge in [-0.1, -0.05) is 20.8 Å². The maximum Gasteiger partial charge on any atom is 0.132 e. The lowest BCUT2D eigenvalue weighted by molar-refractivity contribution is 0.0513. The molecule has 0 saturated heterocycles. The van der Waals surface area contributed by atoms with Crippen molar-refractivity contribution in [2.75, 3.05) is 12.8 Å². The number of nitrogens with zero attached hydrogens (tertiary/aromatic N) is 3. The van der Waals surface area contributed by atoms with Crippen molar-refractivity contribution in [3.05, 3.63) is 41.4 Å². The molecular weight excluding hydrogens is 356 g/mol. The van der Waals surface area contributed by atoms with Crippen LogP contribution in [-0.4, -0.2) is 34.4 Å². The second-order valence-corrected chi connectivity index (χ2v) is 7.26. The van der Waals surface area contributed by atoms with Gasteiger partial charge in [-0.3, -0.25) is 4.99 Å². The van der Waals surface area contributed by atoms with E-state index in [-0.39, 0.29) is 6.10 Å². The second-order valence-electron chi connectivity index (χ2n) is 6.32. The second kappa shape index (κ2) is 10.1. The fraction of sp³-hybridized carbons (Fsp3) is 0.381. The van der Waals surface area contributed by atoms with Gasteiger partial charge in [-0.05, 0) is 48.4 Å². The molecule has 4 rings (SSSR count). The molecule has 1 aliphatic rings. The first kappa shape index (κ1) is 21.0. The van der Waals surface area contributed by atoms with Crippen LogP contribution in [0.3, 0.4) is 0 Å². The largest absolute Gasteiger partial charge is 0.393 e. The van der Waals surface area contributed by atoms with Crippen molar-refractivity contribution in [2.24, 2.45) is 10.9 Å². The summed E-state index contributed by atoms with van der Waals surface area (Å²) in [5, 5.41) is 10.7. The molecule has 0 aliphatic heterocycles. The summed E-state index contributed by atoms with van der Waals surface area (Å²) < 4.78 is 1.18. The van der Waals surface area contributed by atoms with E-state index in [0.29, 0.717) is 5.82 Å². The Kier molecular flexibility index (Phi) is 7.88. The molecule has 3 aromatic rings. The van der Waals surface area contributed by atoms with Crippen molar-refractivity contribution in [1.29, 1.82) is 0 Å². The molecule has 27 heavy (non-hydrogen) atoms. The summed E-state index contributed by atoms with van der Waals surface area (Å²) in [7, 11) is 1.71. The van der Waals surface area contributed by atoms with Crippen molar-refractivity contribution >= 4 is 33.6 Å². The monoisotopic (exact) mass is 384 g/mol. The average molecular weight is 385 g/mol. The van der Waals surface area contributed by atoms with E-state index in [2.05, 4.69) is 28.0 Å². The van der Waals surface area contributed by atoms with Crippen LogP contribution in [0, 0.1) is 5.92 Å². The third-order valence-corrected chi connectivity index (χ3v) is 5.04. The van der Waals surface area contributed by atoms with Crippen LogP contribution < -0.4 is 5.73 Å². The summed E-state index contributed by atoms with van der Waals surface area (Å²) in [6, 6.07) is 8.05. The Hall–Kier alpha value is -2.31. The first-order valence-corrected chi connectivity index (χ1v) is 10.1. The fourth-order valence-corrected chi connectivity index (χ4v) is 3.47. The Bertz CT molecular complexity index is 879. The number of aliphatic hydroxyl groups excluding tert-OH is 1. The summed E-state index contributed by atoms with van der Waals surface area (Å²) in [6.07, 6.45) is 5.54. The van der Waals surface area contributed by atoms with E-state index in [1.54, 1.807) is 30.8 Å². The lowest BCUT2D eigenvalue weighted by Crippen LogP contribution is -2.25. The molecule has 1 fully saturated rings. The number of fused-ring (bicyclic) bond motifs is 1. The molecule has 0 unspecified atom stereocenters. The molecule has 0 spiro atoms. The highest BCUT2D eigenvalue weighted by Crippen LogP contribution is 2.26. The zero-order valence-electron chi connectivity index (χ0n) is 16.4. The Morgan fingerprint density at radius 1 is 1.26 bits per heavy atom. The summed E-state index contributed by atoms with van der Waals surface area (Å²) in [6.45, 7) is 6.16. The molecule has 3 aromatic heterocycles. The number of thiophene rings is 1. The van der Waals surface area contributed by atoms with Gasteiger partial charge in [0.25, 0.3) is 0 Å². The minimum atomic E-state index is 0.0417. The van der Waals surface area contributed by atoms with Crippen molar-refractivity contribution in [1.82, 2.24) is 9.97 Å². The predicted octanol–water partition coefficient (Wildman–Crippen LogP) is 4.79. The van der Waals surface area contributed by atoms with Crippen LogP contribution >= 0.6 is 11.3 Å². The summed E-state index contributed by atoms with van der Waals surface area (Å²) in [5.41, 5.74) is 9.46. The molecule has 0 amide bonds. The molecule has 144 valence electrons. The van der Waals surface area contributed by atoms with E-state index in [9.17, 15) is 0 Å². The minimum Gasteiger partial charge on any atom is -0.393 e. The number of hydrogen-bond donors (Lipinski definition) is 2. The SMILES string of the molecule is CC.CC1CC(O)C1.CN=Cc1cc(-c2ccc3sccc3n2)cnc1N. The smallest absolute Gasteiger partial charge is 0.132 e. The molecule has 1 saturated carbocycles. The van der Waals surface area contributed by atoms with Gasteiger partial charge in [-0.25, -0.2) is 9.97 Å². The van der Waals surface area contributed by atoms with Gasteiger partial charge in [0, 0.05) is 30.6 Å². The maximum atomic E-state index is 8.62. The van der Waals surface area contributed by atoms with Gasteiger partial charge in [-0.15, -0.1) is 11.3 Å². The summed E-state index contributed by atoms with van der Waals surface area (Å²) >= 11 is 1.69. The van der Waals surface area contributed by atoms with Crippen molar-refractivity contribution in [2.45, 2.75) is 39.7 Å². The van der Waals surface area contributed by atoms with Crippen LogP contribution in [0.4, 0.5) is 5.82 Å². The summed E-state index contributed by atoms with van der Waals surface area (Å²) in [4.78, 5) is 12.8. The molecule has 0 aromatic carbocycles. The van der Waals surface area contributed by atoms with Crippen molar-refractivity contribution in [3.63, 3.8) is 0 Å². The van der Waals surface area contributed by atoms with Crippen LogP contribution in [0.5, 0.6) is 0 Å². The zero-order valence-corrected chi connectivity index (χ0v) is 17.2. The molecule has 3 heterocycles. The van der Waals surface area contributed by atoms with E-state index < -0.39 is 0 Å². The number of rotatable bonds is 2. The van der Waals surface area contributed by atoms with Crippen molar-refractivity contribution in [3.8, 4) is 11.3 Å². The highest BCUT2D eigenvalue weighted by Gasteiger charge is 2.21. The average Bonchev–Trinajstić information content (AvgIpc) is 3.13. The Labute approximate surface area is 165 Å². The van der Waals surface area contributed by atoms with Crippen LogP contribution in [0.15, 0.2) is 40.8 Å². The third kappa shape index (κ3) is 5.58. The minimum absolute atomic E-state index is 0.0417. The number of aromatic nitrogens is 2.